The van der Waals surface area contributed by atoms with Gasteiger partial charge in [-0.05, 0) is 74.5 Å². The van der Waals surface area contributed by atoms with Gasteiger partial charge in [-0.2, -0.15) is 0 Å². The molecular weight excluding hydrogens is 410 g/mol. The number of carbonyl (C=O) groups is 3. The van der Waals surface area contributed by atoms with E-state index in [2.05, 4.69) is 5.32 Å². The largest absolute Gasteiger partial charge is 0.495 e. The van der Waals surface area contributed by atoms with Crippen LogP contribution in [-0.4, -0.2) is 61.2 Å². The molecule has 1 aliphatic carbocycles. The highest BCUT2D eigenvalue weighted by atomic mass is 16.5. The molecule has 8 nitrogen and oxygen atoms in total. The molecule has 2 aliphatic heterocycles. The highest BCUT2D eigenvalue weighted by Gasteiger charge is 2.39. The molecule has 3 aliphatic rings. The van der Waals surface area contributed by atoms with Crippen LogP contribution in [0, 0.1) is 11.3 Å². The molecule has 1 saturated carbocycles. The number of nitrogens with zero attached hydrogens (tertiary/aromatic N) is 2. The van der Waals surface area contributed by atoms with Crippen molar-refractivity contribution in [2.75, 3.05) is 38.3 Å². The number of benzene rings is 1. The maximum absolute atomic E-state index is 13.3. The van der Waals surface area contributed by atoms with Crippen molar-refractivity contribution in [2.45, 2.75) is 51.4 Å². The lowest BCUT2D eigenvalue weighted by molar-refractivity contribution is -0.120. The van der Waals surface area contributed by atoms with Crippen molar-refractivity contribution >= 4 is 23.5 Å². The fraction of sp³-hybridized carbons (Fsp3) is 0.625. The lowest BCUT2D eigenvalue weighted by Crippen LogP contribution is -2.49. The molecule has 1 aromatic rings. The number of nitrogens with one attached hydrogen (secondary N) is 1. The van der Waals surface area contributed by atoms with Gasteiger partial charge >= 0.3 is 6.03 Å². The Bertz CT molecular complexity index is 868. The Morgan fingerprint density at radius 3 is 2.50 bits per heavy atom. The Balaban J connectivity index is 1.43. The molecule has 32 heavy (non-hydrogen) atoms. The highest BCUT2D eigenvalue weighted by molar-refractivity contribution is 6.07. The van der Waals surface area contributed by atoms with Gasteiger partial charge in [0.2, 0.25) is 5.91 Å². The van der Waals surface area contributed by atoms with Crippen LogP contribution in [0.3, 0.4) is 0 Å². The average molecular weight is 444 g/mol. The molecule has 4 rings (SSSR count). The summed E-state index contributed by atoms with van der Waals surface area (Å²) in [6.45, 7) is 2.01. The molecule has 1 aromatic carbocycles. The van der Waals surface area contributed by atoms with Crippen molar-refractivity contribution in [3.63, 3.8) is 0 Å². The number of rotatable bonds is 5. The van der Waals surface area contributed by atoms with Crippen LogP contribution in [0.25, 0.3) is 0 Å². The Morgan fingerprint density at radius 1 is 1.16 bits per heavy atom. The molecule has 0 bridgehead atoms. The fourth-order valence-electron chi connectivity index (χ4n) is 5.46. The first-order valence-corrected chi connectivity index (χ1v) is 11.6. The molecule has 3 fully saturated rings. The summed E-state index contributed by atoms with van der Waals surface area (Å²) in [4.78, 5) is 40.4. The maximum atomic E-state index is 13.3. The monoisotopic (exact) mass is 443 g/mol. The number of carbonyl (C=O) groups excluding carboxylic acids is 3. The number of likely N-dealkylation sites (tertiary alicyclic amines) is 1. The average Bonchev–Trinajstić information content (AvgIpc) is 2.81. The van der Waals surface area contributed by atoms with Gasteiger partial charge in [0.25, 0.3) is 5.91 Å². The quantitative estimate of drug-likeness (QED) is 0.729. The summed E-state index contributed by atoms with van der Waals surface area (Å²) in [5.41, 5.74) is 1.36. The third kappa shape index (κ3) is 4.60. The minimum Gasteiger partial charge on any atom is -0.495 e. The normalized spacial score (nSPS) is 21.6. The summed E-state index contributed by atoms with van der Waals surface area (Å²) in [5, 5.41) is 11.5. The molecule has 4 amide bonds. The molecule has 2 saturated heterocycles. The Kier molecular flexibility index (Phi) is 6.69. The smallest absolute Gasteiger partial charge is 0.328 e. The van der Waals surface area contributed by atoms with Gasteiger partial charge in [0.15, 0.2) is 0 Å². The minimum absolute atomic E-state index is 0.0359. The minimum atomic E-state index is -0.499. The summed E-state index contributed by atoms with van der Waals surface area (Å²) in [5.74, 6) is 0.796. The van der Waals surface area contributed by atoms with Crippen molar-refractivity contribution in [3.05, 3.63) is 23.8 Å². The van der Waals surface area contributed by atoms with E-state index in [1.807, 2.05) is 4.90 Å². The van der Waals surface area contributed by atoms with Crippen LogP contribution in [-0.2, 0) is 4.79 Å². The Morgan fingerprint density at radius 2 is 1.88 bits per heavy atom. The lowest BCUT2D eigenvalue weighted by Gasteiger charge is -2.46. The van der Waals surface area contributed by atoms with Crippen LogP contribution in [0.5, 0.6) is 5.75 Å². The van der Waals surface area contributed by atoms with E-state index >= 15 is 0 Å². The number of methoxy groups -OCH3 is 1. The lowest BCUT2D eigenvalue weighted by atomic mass is 9.65. The van der Waals surface area contributed by atoms with E-state index in [0.29, 0.717) is 28.3 Å². The predicted octanol–water partition coefficient (Wildman–Crippen LogP) is 2.94. The van der Waals surface area contributed by atoms with Crippen molar-refractivity contribution in [3.8, 4) is 5.75 Å². The van der Waals surface area contributed by atoms with Crippen molar-refractivity contribution < 1.29 is 24.2 Å². The molecule has 0 aromatic heterocycles. The number of hydrogen-bond donors (Lipinski definition) is 2. The Hall–Kier alpha value is -2.61. The van der Waals surface area contributed by atoms with Gasteiger partial charge in [0, 0.05) is 38.2 Å². The number of aliphatic hydroxyl groups excluding tert-OH is 1. The number of aliphatic hydroxyl groups is 1. The second kappa shape index (κ2) is 9.48. The van der Waals surface area contributed by atoms with E-state index in [-0.39, 0.29) is 31.4 Å². The van der Waals surface area contributed by atoms with E-state index in [0.717, 1.165) is 32.4 Å². The van der Waals surface area contributed by atoms with Crippen LogP contribution in [0.4, 0.5) is 10.5 Å². The number of anilines is 1. The number of urea groups is 1. The third-order valence-electron chi connectivity index (χ3n) is 7.59. The Labute approximate surface area is 188 Å². The van der Waals surface area contributed by atoms with Gasteiger partial charge in [0.1, 0.15) is 5.75 Å². The maximum Gasteiger partial charge on any atom is 0.328 e. The number of ether oxygens (including phenoxy) is 1. The van der Waals surface area contributed by atoms with Crippen LogP contribution in [0.1, 0.15) is 61.7 Å². The molecular formula is C24H33N3O5. The molecule has 2 N–H and O–H groups in total. The number of imide groups is 1. The van der Waals surface area contributed by atoms with Gasteiger partial charge in [-0.3, -0.25) is 19.8 Å². The van der Waals surface area contributed by atoms with Gasteiger partial charge < -0.3 is 14.7 Å². The van der Waals surface area contributed by atoms with Crippen LogP contribution < -0.4 is 15.0 Å². The van der Waals surface area contributed by atoms with E-state index in [1.165, 1.54) is 37.7 Å². The zero-order valence-electron chi connectivity index (χ0n) is 18.8. The second-order valence-corrected chi connectivity index (χ2v) is 9.39. The van der Waals surface area contributed by atoms with Gasteiger partial charge in [-0.25, -0.2) is 4.79 Å². The number of amides is 4. The number of piperidine rings is 1. The van der Waals surface area contributed by atoms with Gasteiger partial charge in [-0.1, -0.05) is 0 Å². The van der Waals surface area contributed by atoms with Gasteiger partial charge in [0.05, 0.1) is 12.8 Å². The van der Waals surface area contributed by atoms with Crippen molar-refractivity contribution in [1.82, 2.24) is 10.2 Å². The summed E-state index contributed by atoms with van der Waals surface area (Å²) < 4.78 is 5.41. The van der Waals surface area contributed by atoms with Crippen molar-refractivity contribution in [2.24, 2.45) is 11.3 Å². The van der Waals surface area contributed by atoms with E-state index in [4.69, 9.17) is 4.74 Å². The van der Waals surface area contributed by atoms with Crippen LogP contribution in [0.2, 0.25) is 0 Å². The first-order chi connectivity index (χ1) is 15.4. The van der Waals surface area contributed by atoms with E-state index in [1.54, 1.807) is 18.2 Å². The first kappa shape index (κ1) is 22.6. The third-order valence-corrected chi connectivity index (χ3v) is 7.59. The molecule has 174 valence electrons. The molecule has 0 radical (unpaired) electrons. The molecule has 8 heteroatoms. The topological polar surface area (TPSA) is 99.2 Å². The van der Waals surface area contributed by atoms with E-state index < -0.39 is 6.03 Å². The zero-order valence-corrected chi connectivity index (χ0v) is 18.8. The SMILES string of the molecule is COc1ccc(C(=O)N2CCC3(CCC(CCO)CC3)CC2)cc1N1CCC(=O)NC1=O. The predicted molar refractivity (Wildman–Crippen MR) is 120 cm³/mol. The summed E-state index contributed by atoms with van der Waals surface area (Å²) in [6.07, 6.45) is 7.89. The molecule has 1 spiro atoms. The zero-order chi connectivity index (χ0) is 22.7. The summed E-state index contributed by atoms with van der Waals surface area (Å²) >= 11 is 0. The molecule has 2 heterocycles. The summed E-state index contributed by atoms with van der Waals surface area (Å²) in [7, 11) is 1.52. The fourth-order valence-corrected chi connectivity index (χ4v) is 5.46. The standard InChI is InChI=1S/C24H33N3O5/c1-32-20-3-2-18(16-19(20)27-12-6-21(29)25-23(27)31)22(30)26-13-10-24(11-14-26)8-4-17(5-9-24)7-15-28/h2-3,16-17,28H,4-15H2,1H3,(H,25,29,31). The van der Waals surface area contributed by atoms with Crippen molar-refractivity contribution in [1.29, 1.82) is 0 Å². The molecule has 0 atom stereocenters. The van der Waals surface area contributed by atoms with Crippen LogP contribution >= 0.6 is 0 Å². The first-order valence-electron chi connectivity index (χ1n) is 11.6. The second-order valence-electron chi connectivity index (χ2n) is 9.39. The van der Waals surface area contributed by atoms with E-state index in [9.17, 15) is 19.5 Å². The number of hydrogen-bond acceptors (Lipinski definition) is 5. The molecule has 0 unspecified atom stereocenters. The van der Waals surface area contributed by atoms with Crippen LogP contribution in [0.15, 0.2) is 18.2 Å². The van der Waals surface area contributed by atoms with Gasteiger partial charge in [-0.15, -0.1) is 0 Å². The summed E-state index contributed by atoms with van der Waals surface area (Å²) in [6, 6.07) is 4.64. The highest BCUT2D eigenvalue weighted by Crippen LogP contribution is 2.47.